The third-order valence-electron chi connectivity index (χ3n) is 1.90. The van der Waals surface area contributed by atoms with Gasteiger partial charge in [-0.15, -0.1) is 24.2 Å². The van der Waals surface area contributed by atoms with E-state index in [1.54, 1.807) is 0 Å². The summed E-state index contributed by atoms with van der Waals surface area (Å²) < 4.78 is 5.07. The van der Waals surface area contributed by atoms with Gasteiger partial charge >= 0.3 is 5.97 Å². The van der Waals surface area contributed by atoms with Gasteiger partial charge in [-0.25, -0.2) is 0 Å². The van der Waals surface area contributed by atoms with Crippen molar-refractivity contribution in [2.75, 3.05) is 33.0 Å². The highest BCUT2D eigenvalue weighted by atomic mass is 35.5. The third-order valence-corrected chi connectivity index (χ3v) is 2.89. The van der Waals surface area contributed by atoms with Gasteiger partial charge in [0.15, 0.2) is 0 Å². The number of hydrogen-bond donors (Lipinski definition) is 0. The Morgan fingerprint density at radius 1 is 1.29 bits per heavy atom. The molecule has 0 radical (unpaired) electrons. The molecule has 0 aromatic heterocycles. The summed E-state index contributed by atoms with van der Waals surface area (Å²) in [6.45, 7) is 1.23. The van der Waals surface area contributed by atoms with Crippen LogP contribution < -0.4 is 0 Å². The first-order valence-corrected chi connectivity index (χ1v) is 6.15. The average molecular weight is 276 g/mol. The Bertz CT molecular complexity index is 320. The van der Waals surface area contributed by atoms with Crippen LogP contribution in [-0.2, 0) is 9.53 Å². The number of nitrogens with zero attached hydrogens (tertiary/aromatic N) is 1. The van der Waals surface area contributed by atoms with Crippen molar-refractivity contribution in [2.24, 2.45) is 0 Å². The smallest absolute Gasteiger partial charge is 0.316 e. The van der Waals surface area contributed by atoms with Crippen molar-refractivity contribution in [1.82, 2.24) is 4.90 Å². The van der Waals surface area contributed by atoms with Crippen LogP contribution >= 0.6 is 24.2 Å². The van der Waals surface area contributed by atoms with Crippen molar-refractivity contribution in [2.45, 2.75) is 4.90 Å². The lowest BCUT2D eigenvalue weighted by atomic mass is 10.4. The second-order valence-corrected chi connectivity index (χ2v) is 4.67. The van der Waals surface area contributed by atoms with Gasteiger partial charge in [0.05, 0.1) is 5.75 Å². The number of likely N-dealkylation sites (N-methyl/N-ethyl adjacent to an activating group) is 1. The lowest BCUT2D eigenvalue weighted by Gasteiger charge is -2.09. The van der Waals surface area contributed by atoms with Gasteiger partial charge in [-0.1, -0.05) is 18.2 Å². The number of carbonyl (C=O) groups excluding carboxylic acids is 1. The number of carbonyl (C=O) groups is 1. The summed E-state index contributed by atoms with van der Waals surface area (Å²) in [7, 11) is 3.90. The molecule has 1 aromatic rings. The molecular weight excluding hydrogens is 258 g/mol. The number of thioether (sulfide) groups is 1. The Labute approximate surface area is 113 Å². The minimum absolute atomic E-state index is 0. The molecule has 0 spiro atoms. The van der Waals surface area contributed by atoms with E-state index in [1.165, 1.54) is 11.8 Å². The van der Waals surface area contributed by atoms with E-state index in [2.05, 4.69) is 0 Å². The summed E-state index contributed by atoms with van der Waals surface area (Å²) in [5, 5.41) is 0. The zero-order chi connectivity index (χ0) is 11.8. The van der Waals surface area contributed by atoms with Crippen LogP contribution in [0.3, 0.4) is 0 Å². The van der Waals surface area contributed by atoms with E-state index in [-0.39, 0.29) is 18.4 Å². The minimum Gasteiger partial charge on any atom is -0.464 e. The van der Waals surface area contributed by atoms with E-state index >= 15 is 0 Å². The van der Waals surface area contributed by atoms with Crippen LogP contribution in [0.4, 0.5) is 0 Å². The average Bonchev–Trinajstić information content (AvgIpc) is 2.27. The third kappa shape index (κ3) is 8.07. The standard InChI is InChI=1S/C12H17NO2S.ClH/c1-13(2)8-9-15-12(14)10-16-11-6-4-3-5-7-11;/h3-7H,8-10H2,1-2H3;1H. The van der Waals surface area contributed by atoms with Gasteiger partial charge in [-0.3, -0.25) is 4.79 Å². The maximum atomic E-state index is 11.3. The Balaban J connectivity index is 0.00000256. The number of halogens is 1. The highest BCUT2D eigenvalue weighted by Gasteiger charge is 2.03. The molecule has 0 aliphatic carbocycles. The van der Waals surface area contributed by atoms with Crippen LogP contribution in [0, 0.1) is 0 Å². The van der Waals surface area contributed by atoms with Gasteiger partial charge < -0.3 is 9.64 Å². The summed E-state index contributed by atoms with van der Waals surface area (Å²) in [5.74, 6) is 0.216. The van der Waals surface area contributed by atoms with E-state index in [9.17, 15) is 4.79 Å². The summed E-state index contributed by atoms with van der Waals surface area (Å²) in [4.78, 5) is 14.4. The topological polar surface area (TPSA) is 29.5 Å². The van der Waals surface area contributed by atoms with Crippen molar-refractivity contribution >= 4 is 30.1 Å². The Morgan fingerprint density at radius 3 is 2.53 bits per heavy atom. The highest BCUT2D eigenvalue weighted by molar-refractivity contribution is 8.00. The van der Waals surface area contributed by atoms with Crippen molar-refractivity contribution in [3.05, 3.63) is 30.3 Å². The molecule has 0 saturated heterocycles. The van der Waals surface area contributed by atoms with Crippen LogP contribution in [0.1, 0.15) is 0 Å². The lowest BCUT2D eigenvalue weighted by molar-refractivity contribution is -0.140. The summed E-state index contributed by atoms with van der Waals surface area (Å²) in [6, 6.07) is 9.84. The molecule has 0 N–H and O–H groups in total. The number of hydrogen-bond acceptors (Lipinski definition) is 4. The first kappa shape index (κ1) is 16.3. The van der Waals surface area contributed by atoms with Gasteiger partial charge in [0.25, 0.3) is 0 Å². The molecular formula is C12H18ClNO2S. The number of ether oxygens (including phenoxy) is 1. The molecule has 0 fully saturated rings. The van der Waals surface area contributed by atoms with Crippen LogP contribution in [0.25, 0.3) is 0 Å². The van der Waals surface area contributed by atoms with Crippen LogP contribution in [0.2, 0.25) is 0 Å². The maximum absolute atomic E-state index is 11.3. The zero-order valence-electron chi connectivity index (χ0n) is 10.1. The molecule has 0 heterocycles. The van der Waals surface area contributed by atoms with Gasteiger partial charge in [0, 0.05) is 11.4 Å². The van der Waals surface area contributed by atoms with Crippen LogP contribution in [0.5, 0.6) is 0 Å². The predicted molar refractivity (Wildman–Crippen MR) is 73.9 cm³/mol. The van der Waals surface area contributed by atoms with Crippen molar-refractivity contribution in [1.29, 1.82) is 0 Å². The predicted octanol–water partition coefficient (Wildman–Crippen LogP) is 2.31. The molecule has 0 aliphatic heterocycles. The van der Waals surface area contributed by atoms with Gasteiger partial charge in [0.1, 0.15) is 6.61 Å². The fourth-order valence-corrected chi connectivity index (χ4v) is 1.76. The Hall–Kier alpha value is -0.710. The molecule has 0 aliphatic rings. The summed E-state index contributed by atoms with van der Waals surface area (Å²) >= 11 is 1.50. The molecule has 0 amide bonds. The highest BCUT2D eigenvalue weighted by Crippen LogP contribution is 2.16. The minimum atomic E-state index is -0.157. The summed E-state index contributed by atoms with van der Waals surface area (Å²) in [5.41, 5.74) is 0. The second kappa shape index (κ2) is 9.33. The van der Waals surface area contributed by atoms with Crippen LogP contribution in [0.15, 0.2) is 35.2 Å². The number of rotatable bonds is 6. The maximum Gasteiger partial charge on any atom is 0.316 e. The molecule has 0 saturated carbocycles. The van der Waals surface area contributed by atoms with Crippen molar-refractivity contribution in [3.8, 4) is 0 Å². The molecule has 1 aromatic carbocycles. The molecule has 0 unspecified atom stereocenters. The van der Waals surface area contributed by atoms with Gasteiger partial charge in [-0.05, 0) is 26.2 Å². The van der Waals surface area contributed by atoms with E-state index in [1.807, 2.05) is 49.3 Å². The lowest BCUT2D eigenvalue weighted by Crippen LogP contribution is -2.20. The largest absolute Gasteiger partial charge is 0.464 e. The molecule has 0 bridgehead atoms. The fraction of sp³-hybridized carbons (Fsp3) is 0.417. The normalized spacial score (nSPS) is 9.82. The number of benzene rings is 1. The summed E-state index contributed by atoms with van der Waals surface area (Å²) in [6.07, 6.45) is 0. The van der Waals surface area contributed by atoms with Crippen molar-refractivity contribution < 1.29 is 9.53 Å². The Kier molecular flexibility index (Phi) is 8.94. The second-order valence-electron chi connectivity index (χ2n) is 3.63. The molecule has 17 heavy (non-hydrogen) atoms. The molecule has 1 rings (SSSR count). The molecule has 0 atom stereocenters. The van der Waals surface area contributed by atoms with Crippen molar-refractivity contribution in [3.63, 3.8) is 0 Å². The molecule has 3 nitrogen and oxygen atoms in total. The SMILES string of the molecule is CN(C)CCOC(=O)CSc1ccccc1.Cl. The monoisotopic (exact) mass is 275 g/mol. The van der Waals surface area contributed by atoms with E-state index in [0.29, 0.717) is 12.4 Å². The number of esters is 1. The molecule has 5 heteroatoms. The fourth-order valence-electron chi connectivity index (χ4n) is 1.04. The van der Waals surface area contributed by atoms with E-state index in [4.69, 9.17) is 4.74 Å². The van der Waals surface area contributed by atoms with E-state index < -0.39 is 0 Å². The van der Waals surface area contributed by atoms with E-state index in [0.717, 1.165) is 11.4 Å². The van der Waals surface area contributed by atoms with Gasteiger partial charge in [-0.2, -0.15) is 0 Å². The quantitative estimate of drug-likeness (QED) is 0.589. The van der Waals surface area contributed by atoms with Gasteiger partial charge in [0.2, 0.25) is 0 Å². The van der Waals surface area contributed by atoms with Crippen LogP contribution in [-0.4, -0.2) is 43.9 Å². The zero-order valence-corrected chi connectivity index (χ0v) is 11.7. The first-order valence-electron chi connectivity index (χ1n) is 5.16. The first-order chi connectivity index (χ1) is 7.68. The molecule has 96 valence electrons. The Morgan fingerprint density at radius 2 is 1.94 bits per heavy atom.